The largest absolute Gasteiger partial charge is 0.478 e. The number of aryl methyl sites for hydroxylation is 2. The number of aromatic nitrogens is 2. The summed E-state index contributed by atoms with van der Waals surface area (Å²) >= 11 is 1.34. The monoisotopic (exact) mass is 306 g/mol. The minimum Gasteiger partial charge on any atom is -0.478 e. The molecule has 2 rings (SSSR count). The Bertz CT molecular complexity index is 681. The highest BCUT2D eigenvalue weighted by Crippen LogP contribution is 2.24. The molecule has 1 N–H and O–H groups in total. The lowest BCUT2D eigenvalue weighted by Gasteiger charge is -2.08. The summed E-state index contributed by atoms with van der Waals surface area (Å²) < 4.78 is 13.1. The van der Waals surface area contributed by atoms with Crippen molar-refractivity contribution in [3.05, 3.63) is 52.1 Å². The second kappa shape index (κ2) is 6.22. The summed E-state index contributed by atoms with van der Waals surface area (Å²) in [5, 5.41) is 9.70. The first-order valence-corrected chi connectivity index (χ1v) is 7.33. The van der Waals surface area contributed by atoms with Crippen LogP contribution >= 0.6 is 11.8 Å². The normalized spacial score (nSPS) is 10.7. The molecule has 2 aromatic rings. The van der Waals surface area contributed by atoms with Crippen molar-refractivity contribution in [3.63, 3.8) is 0 Å². The van der Waals surface area contributed by atoms with Gasteiger partial charge in [0, 0.05) is 17.1 Å². The van der Waals surface area contributed by atoms with Crippen molar-refractivity contribution >= 4 is 17.7 Å². The molecule has 0 fully saturated rings. The SMILES string of the molecule is Cc1nc(SCc2ccc(F)cc2C(=O)O)nc(C)c1C. The van der Waals surface area contributed by atoms with Gasteiger partial charge in [-0.15, -0.1) is 0 Å². The number of carboxylic acid groups (broad SMARTS) is 1. The fraction of sp³-hybridized carbons (Fsp3) is 0.267. The molecule has 0 amide bonds. The number of halogens is 1. The van der Waals surface area contributed by atoms with E-state index in [4.69, 9.17) is 5.11 Å². The number of carbonyl (C=O) groups is 1. The number of hydrogen-bond acceptors (Lipinski definition) is 4. The third kappa shape index (κ3) is 3.58. The van der Waals surface area contributed by atoms with Crippen molar-refractivity contribution in [1.29, 1.82) is 0 Å². The molecule has 4 nitrogen and oxygen atoms in total. The number of thioether (sulfide) groups is 1. The van der Waals surface area contributed by atoms with Crippen molar-refractivity contribution in [3.8, 4) is 0 Å². The number of aromatic carboxylic acids is 1. The van der Waals surface area contributed by atoms with E-state index in [0.29, 0.717) is 16.5 Å². The van der Waals surface area contributed by atoms with Gasteiger partial charge in [-0.1, -0.05) is 17.8 Å². The Balaban J connectivity index is 2.22. The van der Waals surface area contributed by atoms with E-state index in [1.54, 1.807) is 0 Å². The number of benzene rings is 1. The summed E-state index contributed by atoms with van der Waals surface area (Å²) in [5.41, 5.74) is 3.38. The molecule has 0 aliphatic rings. The van der Waals surface area contributed by atoms with Gasteiger partial charge in [-0.25, -0.2) is 19.2 Å². The van der Waals surface area contributed by atoms with Crippen LogP contribution in [-0.2, 0) is 5.75 Å². The Morgan fingerprint density at radius 2 is 1.86 bits per heavy atom. The first-order valence-electron chi connectivity index (χ1n) is 6.35. The van der Waals surface area contributed by atoms with Gasteiger partial charge >= 0.3 is 5.97 Å². The predicted molar refractivity (Wildman–Crippen MR) is 79.2 cm³/mol. The van der Waals surface area contributed by atoms with E-state index in [1.165, 1.54) is 23.9 Å². The van der Waals surface area contributed by atoms with Crippen LogP contribution in [-0.4, -0.2) is 21.0 Å². The van der Waals surface area contributed by atoms with E-state index in [-0.39, 0.29) is 5.56 Å². The average molecular weight is 306 g/mol. The molecule has 1 heterocycles. The number of nitrogens with zero attached hydrogens (tertiary/aromatic N) is 2. The molecule has 1 aromatic heterocycles. The van der Waals surface area contributed by atoms with E-state index in [9.17, 15) is 9.18 Å². The summed E-state index contributed by atoms with van der Waals surface area (Å²) in [6.07, 6.45) is 0. The molecular formula is C15H15FN2O2S. The van der Waals surface area contributed by atoms with Gasteiger partial charge in [0.25, 0.3) is 0 Å². The molecule has 0 aliphatic heterocycles. The predicted octanol–water partition coefficient (Wildman–Crippen LogP) is 3.53. The minimum absolute atomic E-state index is 0.0249. The van der Waals surface area contributed by atoms with Gasteiger partial charge in [-0.3, -0.25) is 0 Å². The van der Waals surface area contributed by atoms with Gasteiger partial charge in [-0.2, -0.15) is 0 Å². The van der Waals surface area contributed by atoms with Crippen LogP contribution in [0.1, 0.15) is 32.9 Å². The van der Waals surface area contributed by atoms with Crippen LogP contribution in [0.4, 0.5) is 4.39 Å². The van der Waals surface area contributed by atoms with Gasteiger partial charge in [0.15, 0.2) is 5.16 Å². The van der Waals surface area contributed by atoms with Gasteiger partial charge in [0.2, 0.25) is 0 Å². The van der Waals surface area contributed by atoms with Crippen LogP contribution in [0.25, 0.3) is 0 Å². The third-order valence-corrected chi connectivity index (χ3v) is 4.17. The summed E-state index contributed by atoms with van der Waals surface area (Å²) in [4.78, 5) is 19.9. The van der Waals surface area contributed by atoms with Crippen molar-refractivity contribution in [2.45, 2.75) is 31.7 Å². The average Bonchev–Trinajstić information content (AvgIpc) is 2.43. The first kappa shape index (κ1) is 15.4. The molecule has 0 atom stereocenters. The lowest BCUT2D eigenvalue weighted by Crippen LogP contribution is -2.03. The van der Waals surface area contributed by atoms with E-state index < -0.39 is 11.8 Å². The molecule has 0 saturated carbocycles. The smallest absolute Gasteiger partial charge is 0.336 e. The third-order valence-electron chi connectivity index (χ3n) is 3.27. The molecule has 1 aromatic carbocycles. The van der Waals surface area contributed by atoms with Crippen molar-refractivity contribution < 1.29 is 14.3 Å². The lowest BCUT2D eigenvalue weighted by molar-refractivity contribution is 0.0695. The van der Waals surface area contributed by atoms with Crippen molar-refractivity contribution in [2.75, 3.05) is 0 Å². The summed E-state index contributed by atoms with van der Waals surface area (Å²) in [6, 6.07) is 3.78. The summed E-state index contributed by atoms with van der Waals surface area (Å²) in [5.74, 6) is -1.31. The van der Waals surface area contributed by atoms with Crippen molar-refractivity contribution in [2.24, 2.45) is 0 Å². The Hall–Kier alpha value is -1.95. The zero-order valence-corrected chi connectivity index (χ0v) is 12.8. The second-order valence-corrected chi connectivity index (χ2v) is 5.64. The van der Waals surface area contributed by atoms with Crippen LogP contribution in [0.15, 0.2) is 23.4 Å². The highest BCUT2D eigenvalue weighted by molar-refractivity contribution is 7.98. The molecule has 0 unspecified atom stereocenters. The van der Waals surface area contributed by atoms with E-state index in [1.807, 2.05) is 20.8 Å². The molecule has 0 radical (unpaired) electrons. The standard InChI is InChI=1S/C15H15FN2O2S/c1-8-9(2)17-15(18-10(8)3)21-7-11-4-5-12(16)6-13(11)14(19)20/h4-6H,7H2,1-3H3,(H,19,20). The lowest BCUT2D eigenvalue weighted by atomic mass is 10.1. The van der Waals surface area contributed by atoms with Crippen LogP contribution in [0.5, 0.6) is 0 Å². The highest BCUT2D eigenvalue weighted by atomic mass is 32.2. The fourth-order valence-corrected chi connectivity index (χ4v) is 2.76. The van der Waals surface area contributed by atoms with Gasteiger partial charge in [0.05, 0.1) is 5.56 Å². The zero-order valence-electron chi connectivity index (χ0n) is 12.0. The maximum absolute atomic E-state index is 13.1. The molecule has 110 valence electrons. The Kier molecular flexibility index (Phi) is 4.57. The van der Waals surface area contributed by atoms with Gasteiger partial charge in [-0.05, 0) is 44.0 Å². The van der Waals surface area contributed by atoms with Crippen molar-refractivity contribution in [1.82, 2.24) is 9.97 Å². The van der Waals surface area contributed by atoms with E-state index >= 15 is 0 Å². The quantitative estimate of drug-likeness (QED) is 0.691. The second-order valence-electron chi connectivity index (χ2n) is 4.70. The molecule has 6 heteroatoms. The number of rotatable bonds is 4. The molecular weight excluding hydrogens is 291 g/mol. The maximum atomic E-state index is 13.1. The van der Waals surface area contributed by atoms with E-state index in [2.05, 4.69) is 9.97 Å². The van der Waals surface area contributed by atoms with Gasteiger partial charge < -0.3 is 5.11 Å². The zero-order chi connectivity index (χ0) is 15.6. The number of carboxylic acids is 1. The molecule has 0 saturated heterocycles. The highest BCUT2D eigenvalue weighted by Gasteiger charge is 2.13. The molecule has 0 aliphatic carbocycles. The van der Waals surface area contributed by atoms with Crippen LogP contribution in [0.3, 0.4) is 0 Å². The van der Waals surface area contributed by atoms with Crippen LogP contribution < -0.4 is 0 Å². The van der Waals surface area contributed by atoms with E-state index in [0.717, 1.165) is 23.0 Å². The fourth-order valence-electron chi connectivity index (χ4n) is 1.82. The molecule has 21 heavy (non-hydrogen) atoms. The maximum Gasteiger partial charge on any atom is 0.336 e. The minimum atomic E-state index is -1.14. The van der Waals surface area contributed by atoms with Crippen LogP contribution in [0, 0.1) is 26.6 Å². The van der Waals surface area contributed by atoms with Gasteiger partial charge in [0.1, 0.15) is 5.82 Å². The number of hydrogen-bond donors (Lipinski definition) is 1. The molecule has 0 bridgehead atoms. The summed E-state index contributed by atoms with van der Waals surface area (Å²) in [7, 11) is 0. The Labute approximate surface area is 126 Å². The van der Waals surface area contributed by atoms with Crippen LogP contribution in [0.2, 0.25) is 0 Å². The topological polar surface area (TPSA) is 63.1 Å². The Morgan fingerprint density at radius 3 is 2.43 bits per heavy atom. The summed E-state index contributed by atoms with van der Waals surface area (Å²) in [6.45, 7) is 5.78. The molecule has 0 spiro atoms. The first-order chi connectivity index (χ1) is 9.88. The Morgan fingerprint density at radius 1 is 1.24 bits per heavy atom.